The van der Waals surface area contributed by atoms with E-state index in [9.17, 15) is 4.79 Å². The highest BCUT2D eigenvalue weighted by Crippen LogP contribution is 2.17. The topological polar surface area (TPSA) is 54.5 Å². The zero-order chi connectivity index (χ0) is 12.3. The normalized spacial score (nSPS) is 15.8. The summed E-state index contributed by atoms with van der Waals surface area (Å²) >= 11 is 5.84. The van der Waals surface area contributed by atoms with Gasteiger partial charge in [0.15, 0.2) is 0 Å². The molecule has 1 fully saturated rings. The molecule has 6 heteroatoms. The van der Waals surface area contributed by atoms with E-state index in [1.54, 1.807) is 17.0 Å². The van der Waals surface area contributed by atoms with E-state index in [2.05, 4.69) is 10.3 Å². The summed E-state index contributed by atoms with van der Waals surface area (Å²) in [6.07, 6.45) is 0. The molecule has 1 N–H and O–H groups in total. The molecule has 0 aromatic carbocycles. The van der Waals surface area contributed by atoms with E-state index in [0.717, 1.165) is 13.1 Å². The van der Waals surface area contributed by atoms with Crippen LogP contribution in [-0.4, -0.2) is 49.1 Å². The molecule has 5 nitrogen and oxygen atoms in total. The van der Waals surface area contributed by atoms with E-state index >= 15 is 0 Å². The van der Waals surface area contributed by atoms with Crippen molar-refractivity contribution >= 4 is 17.5 Å². The summed E-state index contributed by atoms with van der Waals surface area (Å²) < 4.78 is 4.99. The van der Waals surface area contributed by atoms with Crippen molar-refractivity contribution in [2.24, 2.45) is 0 Å². The first-order valence-electron chi connectivity index (χ1n) is 5.42. The van der Waals surface area contributed by atoms with Crippen molar-refractivity contribution in [2.45, 2.75) is 0 Å². The van der Waals surface area contributed by atoms with Gasteiger partial charge in [0, 0.05) is 37.8 Å². The Morgan fingerprint density at radius 1 is 1.47 bits per heavy atom. The molecule has 2 heterocycles. The molecule has 0 bridgehead atoms. The van der Waals surface area contributed by atoms with Crippen molar-refractivity contribution in [3.05, 3.63) is 22.8 Å². The molecule has 1 saturated heterocycles. The molecule has 17 heavy (non-hydrogen) atoms. The minimum atomic E-state index is -0.0332. The third kappa shape index (κ3) is 2.87. The molecule has 0 radical (unpaired) electrons. The number of methoxy groups -OCH3 is 1. The monoisotopic (exact) mass is 255 g/mol. The van der Waals surface area contributed by atoms with Crippen LogP contribution in [-0.2, 0) is 0 Å². The third-order valence-electron chi connectivity index (χ3n) is 2.63. The Kier molecular flexibility index (Phi) is 3.81. The average Bonchev–Trinajstić information content (AvgIpc) is 2.38. The van der Waals surface area contributed by atoms with Gasteiger partial charge in [0.05, 0.1) is 7.11 Å². The van der Waals surface area contributed by atoms with Gasteiger partial charge in [-0.05, 0) is 6.07 Å². The fraction of sp³-hybridized carbons (Fsp3) is 0.455. The summed E-state index contributed by atoms with van der Waals surface area (Å²) in [5.74, 6) is 0.324. The van der Waals surface area contributed by atoms with E-state index in [0.29, 0.717) is 24.5 Å². The van der Waals surface area contributed by atoms with Crippen LogP contribution in [0, 0.1) is 0 Å². The van der Waals surface area contributed by atoms with Crippen molar-refractivity contribution in [1.82, 2.24) is 15.2 Å². The lowest BCUT2D eigenvalue weighted by atomic mass is 10.2. The molecule has 0 spiro atoms. The maximum atomic E-state index is 12.2. The molecule has 0 aliphatic carbocycles. The minimum absolute atomic E-state index is 0.0332. The quantitative estimate of drug-likeness (QED) is 0.794. The zero-order valence-corrected chi connectivity index (χ0v) is 10.3. The molecule has 1 aromatic rings. The number of piperazine rings is 1. The van der Waals surface area contributed by atoms with Gasteiger partial charge >= 0.3 is 0 Å². The number of rotatable bonds is 2. The maximum absolute atomic E-state index is 12.2. The number of carbonyl (C=O) groups excluding carboxylic acids is 1. The molecule has 0 atom stereocenters. The van der Waals surface area contributed by atoms with Crippen LogP contribution in [0.3, 0.4) is 0 Å². The first-order valence-corrected chi connectivity index (χ1v) is 5.80. The van der Waals surface area contributed by atoms with Crippen molar-refractivity contribution in [3.63, 3.8) is 0 Å². The number of ether oxygens (including phenoxy) is 1. The highest BCUT2D eigenvalue weighted by molar-refractivity contribution is 6.29. The van der Waals surface area contributed by atoms with Crippen molar-refractivity contribution in [2.75, 3.05) is 33.3 Å². The van der Waals surface area contributed by atoms with Crippen LogP contribution in [0.1, 0.15) is 10.4 Å². The highest BCUT2D eigenvalue weighted by atomic mass is 35.5. The lowest BCUT2D eigenvalue weighted by Crippen LogP contribution is -2.46. The summed E-state index contributed by atoms with van der Waals surface area (Å²) in [7, 11) is 1.50. The van der Waals surface area contributed by atoms with Crippen molar-refractivity contribution in [3.8, 4) is 5.88 Å². The summed E-state index contributed by atoms with van der Waals surface area (Å²) in [5.41, 5.74) is 0.517. The molecule has 0 unspecified atom stereocenters. The molecule has 92 valence electrons. The van der Waals surface area contributed by atoms with Gasteiger partial charge in [-0.1, -0.05) is 11.6 Å². The Labute approximate surface area is 105 Å². The average molecular weight is 256 g/mol. The number of pyridine rings is 1. The Bertz CT molecular complexity index is 419. The number of nitrogens with one attached hydrogen (secondary N) is 1. The number of aromatic nitrogens is 1. The second kappa shape index (κ2) is 5.33. The molecule has 1 amide bonds. The second-order valence-corrected chi connectivity index (χ2v) is 4.15. The largest absolute Gasteiger partial charge is 0.481 e. The van der Waals surface area contributed by atoms with E-state index in [1.165, 1.54) is 7.11 Å². The predicted molar refractivity (Wildman–Crippen MR) is 64.6 cm³/mol. The van der Waals surface area contributed by atoms with Crippen LogP contribution in [0.15, 0.2) is 12.1 Å². The fourth-order valence-electron chi connectivity index (χ4n) is 1.75. The summed E-state index contributed by atoms with van der Waals surface area (Å²) in [4.78, 5) is 17.9. The molecule has 1 aromatic heterocycles. The Morgan fingerprint density at radius 3 is 2.82 bits per heavy atom. The van der Waals surface area contributed by atoms with Crippen molar-refractivity contribution in [1.29, 1.82) is 0 Å². The summed E-state index contributed by atoms with van der Waals surface area (Å²) in [6, 6.07) is 3.17. The van der Waals surface area contributed by atoms with Crippen LogP contribution in [0.2, 0.25) is 5.15 Å². The molecular formula is C11H14ClN3O2. The highest BCUT2D eigenvalue weighted by Gasteiger charge is 2.19. The summed E-state index contributed by atoms with van der Waals surface area (Å²) in [5, 5.41) is 3.46. The first kappa shape index (κ1) is 12.1. The Hall–Kier alpha value is -1.33. The number of hydrogen-bond acceptors (Lipinski definition) is 4. The van der Waals surface area contributed by atoms with E-state index in [4.69, 9.17) is 16.3 Å². The lowest BCUT2D eigenvalue weighted by molar-refractivity contribution is 0.0735. The molecular weight excluding hydrogens is 242 g/mol. The van der Waals surface area contributed by atoms with Gasteiger partial charge in [-0.15, -0.1) is 0 Å². The van der Waals surface area contributed by atoms with Crippen molar-refractivity contribution < 1.29 is 9.53 Å². The van der Waals surface area contributed by atoms with Crippen LogP contribution in [0.4, 0.5) is 0 Å². The maximum Gasteiger partial charge on any atom is 0.254 e. The van der Waals surface area contributed by atoms with Gasteiger partial charge in [-0.2, -0.15) is 0 Å². The number of nitrogens with zero attached hydrogens (tertiary/aromatic N) is 2. The van der Waals surface area contributed by atoms with Gasteiger partial charge in [0.2, 0.25) is 5.88 Å². The lowest BCUT2D eigenvalue weighted by Gasteiger charge is -2.27. The van der Waals surface area contributed by atoms with Gasteiger partial charge in [-0.3, -0.25) is 4.79 Å². The summed E-state index contributed by atoms with van der Waals surface area (Å²) in [6.45, 7) is 3.06. The molecule has 1 aliphatic heterocycles. The fourth-order valence-corrected chi connectivity index (χ4v) is 1.95. The van der Waals surface area contributed by atoms with Gasteiger partial charge in [-0.25, -0.2) is 4.98 Å². The smallest absolute Gasteiger partial charge is 0.254 e. The molecule has 2 rings (SSSR count). The van der Waals surface area contributed by atoms with E-state index in [-0.39, 0.29) is 11.1 Å². The first-order chi connectivity index (χ1) is 8.20. The van der Waals surface area contributed by atoms with Gasteiger partial charge < -0.3 is 15.0 Å². The zero-order valence-electron chi connectivity index (χ0n) is 9.57. The van der Waals surface area contributed by atoms with Gasteiger partial charge in [0.25, 0.3) is 5.91 Å². The van der Waals surface area contributed by atoms with Crippen LogP contribution >= 0.6 is 11.6 Å². The number of carbonyl (C=O) groups is 1. The minimum Gasteiger partial charge on any atom is -0.481 e. The van der Waals surface area contributed by atoms with E-state index < -0.39 is 0 Å². The van der Waals surface area contributed by atoms with Crippen LogP contribution in [0.5, 0.6) is 5.88 Å². The Balaban J connectivity index is 2.20. The number of amides is 1. The van der Waals surface area contributed by atoms with Gasteiger partial charge in [0.1, 0.15) is 5.15 Å². The number of halogens is 1. The number of hydrogen-bond donors (Lipinski definition) is 1. The Morgan fingerprint density at radius 2 is 2.18 bits per heavy atom. The third-order valence-corrected chi connectivity index (χ3v) is 2.82. The van der Waals surface area contributed by atoms with E-state index in [1.807, 2.05) is 0 Å². The molecule has 1 aliphatic rings. The second-order valence-electron chi connectivity index (χ2n) is 3.76. The standard InChI is InChI=1S/C11H14ClN3O2/c1-17-10-7-8(6-9(12)14-10)11(16)15-4-2-13-3-5-15/h6-7,13H,2-5H2,1H3. The molecule has 0 saturated carbocycles. The SMILES string of the molecule is COc1cc(C(=O)N2CCNCC2)cc(Cl)n1. The van der Waals surface area contributed by atoms with Crippen LogP contribution < -0.4 is 10.1 Å². The van der Waals surface area contributed by atoms with Crippen LogP contribution in [0.25, 0.3) is 0 Å². The predicted octanol–water partition coefficient (Wildman–Crippen LogP) is 0.789.